The molecule has 1 aliphatic heterocycles. The highest BCUT2D eigenvalue weighted by atomic mass is 32.2. The van der Waals surface area contributed by atoms with Crippen molar-refractivity contribution in [2.45, 2.75) is 13.8 Å². The van der Waals surface area contributed by atoms with Gasteiger partial charge in [-0.2, -0.15) is 0 Å². The van der Waals surface area contributed by atoms with E-state index >= 15 is 0 Å². The molecule has 9 heteroatoms. The van der Waals surface area contributed by atoms with Gasteiger partial charge in [0.05, 0.1) is 5.75 Å². The van der Waals surface area contributed by atoms with Crippen LogP contribution < -0.4 is 10.1 Å². The zero-order valence-electron chi connectivity index (χ0n) is 14.6. The second-order valence-electron chi connectivity index (χ2n) is 5.60. The van der Waals surface area contributed by atoms with E-state index < -0.39 is 18.5 Å². The van der Waals surface area contributed by atoms with E-state index in [9.17, 15) is 19.2 Å². The molecule has 26 heavy (non-hydrogen) atoms. The monoisotopic (exact) mass is 380 g/mol. The first-order valence-corrected chi connectivity index (χ1v) is 8.95. The number of aryl methyl sites for hydroxylation is 1. The molecule has 8 nitrogen and oxygen atoms in total. The first kappa shape index (κ1) is 19.8. The first-order valence-electron chi connectivity index (χ1n) is 7.97. The SMILES string of the molecule is Cc1cccc(OCC(=O)OCC(=O)NCCN2C(=O)CSC2=O)c1C. The van der Waals surface area contributed by atoms with E-state index in [2.05, 4.69) is 5.32 Å². The summed E-state index contributed by atoms with van der Waals surface area (Å²) in [6.45, 7) is 3.27. The number of nitrogens with zero attached hydrogens (tertiary/aromatic N) is 1. The third-order valence-electron chi connectivity index (χ3n) is 3.76. The Balaban J connectivity index is 1.64. The topological polar surface area (TPSA) is 102 Å². The number of imide groups is 1. The molecule has 0 bridgehead atoms. The quantitative estimate of drug-likeness (QED) is 0.672. The first-order chi connectivity index (χ1) is 12.4. The summed E-state index contributed by atoms with van der Waals surface area (Å²) in [6, 6.07) is 5.51. The molecule has 0 aromatic heterocycles. The van der Waals surface area contributed by atoms with Gasteiger partial charge in [0.25, 0.3) is 11.1 Å². The molecule has 3 amide bonds. The molecule has 0 atom stereocenters. The molecule has 0 saturated carbocycles. The van der Waals surface area contributed by atoms with Crippen LogP contribution in [0.15, 0.2) is 18.2 Å². The maximum Gasteiger partial charge on any atom is 0.344 e. The van der Waals surface area contributed by atoms with E-state index in [4.69, 9.17) is 9.47 Å². The highest BCUT2D eigenvalue weighted by molar-refractivity contribution is 8.14. The number of amides is 3. The highest BCUT2D eigenvalue weighted by Crippen LogP contribution is 2.20. The van der Waals surface area contributed by atoms with Crippen molar-refractivity contribution in [1.82, 2.24) is 10.2 Å². The van der Waals surface area contributed by atoms with Crippen LogP contribution in [-0.4, -0.2) is 60.0 Å². The molecule has 1 aromatic rings. The maximum atomic E-state index is 11.7. The number of benzene rings is 1. The van der Waals surface area contributed by atoms with Gasteiger partial charge in [0.2, 0.25) is 5.91 Å². The zero-order valence-corrected chi connectivity index (χ0v) is 15.4. The summed E-state index contributed by atoms with van der Waals surface area (Å²) in [4.78, 5) is 47.2. The average Bonchev–Trinajstić information content (AvgIpc) is 2.93. The van der Waals surface area contributed by atoms with Gasteiger partial charge in [0.1, 0.15) is 5.75 Å². The van der Waals surface area contributed by atoms with Gasteiger partial charge in [0, 0.05) is 13.1 Å². The number of ether oxygens (including phenoxy) is 2. The molecule has 1 N–H and O–H groups in total. The van der Waals surface area contributed by atoms with Gasteiger partial charge in [-0.25, -0.2) is 4.79 Å². The summed E-state index contributed by atoms with van der Waals surface area (Å²) in [5.41, 5.74) is 1.98. The van der Waals surface area contributed by atoms with Crippen LogP contribution in [0.2, 0.25) is 0 Å². The predicted molar refractivity (Wildman–Crippen MR) is 94.9 cm³/mol. The fraction of sp³-hybridized carbons (Fsp3) is 0.412. The Hall–Kier alpha value is -2.55. The fourth-order valence-electron chi connectivity index (χ4n) is 2.16. The molecule has 1 saturated heterocycles. The standard InChI is InChI=1S/C17H20N2O6S/c1-11-4-3-5-13(12(11)2)24-9-16(22)25-8-14(20)18-6-7-19-15(21)10-26-17(19)23/h3-5H,6-10H2,1-2H3,(H,18,20). The smallest absolute Gasteiger partial charge is 0.344 e. The normalized spacial score (nSPS) is 13.7. The second kappa shape index (κ2) is 9.23. The molecule has 0 aliphatic carbocycles. The minimum Gasteiger partial charge on any atom is -0.482 e. The van der Waals surface area contributed by atoms with Crippen molar-refractivity contribution in [1.29, 1.82) is 0 Å². The summed E-state index contributed by atoms with van der Waals surface area (Å²) in [5, 5.41) is 2.16. The maximum absolute atomic E-state index is 11.7. The van der Waals surface area contributed by atoms with Gasteiger partial charge in [-0.15, -0.1) is 0 Å². The van der Waals surface area contributed by atoms with E-state index in [0.717, 1.165) is 27.8 Å². The number of hydrogen-bond donors (Lipinski definition) is 1. The second-order valence-corrected chi connectivity index (χ2v) is 6.52. The summed E-state index contributed by atoms with van der Waals surface area (Å²) >= 11 is 0.933. The summed E-state index contributed by atoms with van der Waals surface area (Å²) < 4.78 is 10.2. The Morgan fingerprint density at radius 3 is 2.69 bits per heavy atom. The summed E-state index contributed by atoms with van der Waals surface area (Å²) in [5.74, 6) is -0.738. The van der Waals surface area contributed by atoms with Crippen molar-refractivity contribution in [3.63, 3.8) is 0 Å². The lowest BCUT2D eigenvalue weighted by Crippen LogP contribution is -2.39. The van der Waals surface area contributed by atoms with E-state index in [1.165, 1.54) is 0 Å². The van der Waals surface area contributed by atoms with Crippen molar-refractivity contribution >= 4 is 34.8 Å². The van der Waals surface area contributed by atoms with E-state index in [0.29, 0.717) is 5.75 Å². The van der Waals surface area contributed by atoms with Gasteiger partial charge in [-0.1, -0.05) is 23.9 Å². The molecular formula is C17H20N2O6S. The third-order valence-corrected chi connectivity index (χ3v) is 4.62. The van der Waals surface area contributed by atoms with Crippen LogP contribution in [0.4, 0.5) is 4.79 Å². The van der Waals surface area contributed by atoms with Crippen LogP contribution in [0.5, 0.6) is 5.75 Å². The van der Waals surface area contributed by atoms with Gasteiger partial charge in [-0.3, -0.25) is 19.3 Å². The van der Waals surface area contributed by atoms with Crippen LogP contribution >= 0.6 is 11.8 Å². The molecule has 0 spiro atoms. The Kier molecular flexibility index (Phi) is 7.02. The van der Waals surface area contributed by atoms with Crippen molar-refractivity contribution in [3.8, 4) is 5.75 Å². The molecule has 140 valence electrons. The highest BCUT2D eigenvalue weighted by Gasteiger charge is 2.29. The lowest BCUT2D eigenvalue weighted by molar-refractivity contribution is -0.150. The molecule has 1 aromatic carbocycles. The third kappa shape index (κ3) is 5.48. The molecule has 1 fully saturated rings. The van der Waals surface area contributed by atoms with Crippen LogP contribution in [0, 0.1) is 13.8 Å². The number of nitrogens with one attached hydrogen (secondary N) is 1. The van der Waals surface area contributed by atoms with Gasteiger partial charge in [-0.05, 0) is 31.0 Å². The van der Waals surface area contributed by atoms with Gasteiger partial charge >= 0.3 is 5.97 Å². The van der Waals surface area contributed by atoms with E-state index in [1.807, 2.05) is 26.0 Å². The molecular weight excluding hydrogens is 360 g/mol. The van der Waals surface area contributed by atoms with Crippen LogP contribution in [0.25, 0.3) is 0 Å². The lowest BCUT2D eigenvalue weighted by atomic mass is 10.1. The molecule has 0 radical (unpaired) electrons. The lowest BCUT2D eigenvalue weighted by Gasteiger charge is -2.13. The predicted octanol–water partition coefficient (Wildman–Crippen LogP) is 1.04. The van der Waals surface area contributed by atoms with Crippen LogP contribution in [0.3, 0.4) is 0 Å². The van der Waals surface area contributed by atoms with Crippen molar-refractivity contribution in [2.24, 2.45) is 0 Å². The fourth-order valence-corrected chi connectivity index (χ4v) is 2.91. The minimum absolute atomic E-state index is 0.0973. The van der Waals surface area contributed by atoms with Crippen molar-refractivity contribution in [2.75, 3.05) is 32.1 Å². The molecule has 1 aliphatic rings. The van der Waals surface area contributed by atoms with E-state index in [1.54, 1.807) is 6.07 Å². The van der Waals surface area contributed by atoms with E-state index in [-0.39, 0.29) is 36.6 Å². The number of rotatable bonds is 8. The molecule has 2 rings (SSSR count). The number of carbonyl (C=O) groups excluding carboxylic acids is 4. The largest absolute Gasteiger partial charge is 0.482 e. The summed E-state index contributed by atoms with van der Waals surface area (Å²) in [6.07, 6.45) is 0. The Bertz CT molecular complexity index is 705. The molecule has 0 unspecified atom stereocenters. The Labute approximate surface area is 155 Å². The zero-order chi connectivity index (χ0) is 19.1. The number of carbonyl (C=O) groups is 4. The number of hydrogen-bond acceptors (Lipinski definition) is 7. The average molecular weight is 380 g/mol. The number of thioether (sulfide) groups is 1. The van der Waals surface area contributed by atoms with Gasteiger partial charge < -0.3 is 14.8 Å². The van der Waals surface area contributed by atoms with Crippen molar-refractivity contribution < 1.29 is 28.7 Å². The van der Waals surface area contributed by atoms with Crippen molar-refractivity contribution in [3.05, 3.63) is 29.3 Å². The number of esters is 1. The Morgan fingerprint density at radius 2 is 2.00 bits per heavy atom. The minimum atomic E-state index is -0.664. The van der Waals surface area contributed by atoms with Gasteiger partial charge in [0.15, 0.2) is 13.2 Å². The van der Waals surface area contributed by atoms with Crippen LogP contribution in [0.1, 0.15) is 11.1 Å². The van der Waals surface area contributed by atoms with Crippen LogP contribution in [-0.2, 0) is 19.1 Å². The Morgan fingerprint density at radius 1 is 1.23 bits per heavy atom. The molecule has 1 heterocycles. The summed E-state index contributed by atoms with van der Waals surface area (Å²) in [7, 11) is 0.